The van der Waals surface area contributed by atoms with Crippen molar-refractivity contribution >= 4 is 46.4 Å². The van der Waals surface area contributed by atoms with Crippen molar-refractivity contribution in [3.8, 4) is 0 Å². The van der Waals surface area contributed by atoms with Gasteiger partial charge in [0, 0.05) is 6.61 Å². The van der Waals surface area contributed by atoms with Gasteiger partial charge in [-0.2, -0.15) is 0 Å². The van der Waals surface area contributed by atoms with Gasteiger partial charge in [-0.3, -0.25) is 0 Å². The molecule has 0 amide bonds. The lowest BCUT2D eigenvalue weighted by atomic mass is 10.2. The fourth-order valence-corrected chi connectivity index (χ4v) is 3.10. The Morgan fingerprint density at radius 2 is 1.89 bits per heavy atom. The lowest BCUT2D eigenvalue weighted by Gasteiger charge is -2.08. The number of ether oxygens (including phenoxy) is 1. The molecule has 1 fully saturated rings. The highest BCUT2D eigenvalue weighted by atomic mass is 35.5. The Labute approximate surface area is 133 Å². The maximum Gasteiger partial charge on any atom is 0.123 e. The number of halogens is 4. The molecule has 1 aliphatic carbocycles. The van der Waals surface area contributed by atoms with Crippen LogP contribution in [0.15, 0.2) is 39.9 Å². The molecule has 1 aromatic rings. The van der Waals surface area contributed by atoms with Gasteiger partial charge < -0.3 is 4.74 Å². The van der Waals surface area contributed by atoms with Crippen molar-refractivity contribution in [2.75, 3.05) is 6.61 Å². The molecule has 0 saturated heterocycles. The summed E-state index contributed by atoms with van der Waals surface area (Å²) in [5.41, 5.74) is 1.16. The topological polar surface area (TPSA) is 9.23 Å². The number of benzene rings is 1. The third kappa shape index (κ3) is 4.03. The average Bonchev–Trinajstić information content (AvgIpc) is 3.07. The molecule has 1 aromatic carbocycles. The molecule has 5 heteroatoms. The van der Waals surface area contributed by atoms with Crippen molar-refractivity contribution in [1.29, 1.82) is 0 Å². The summed E-state index contributed by atoms with van der Waals surface area (Å²) < 4.78 is 5.68. The van der Waals surface area contributed by atoms with Crippen LogP contribution >= 0.6 is 46.4 Å². The Morgan fingerprint density at radius 3 is 2.53 bits per heavy atom. The third-order valence-electron chi connectivity index (χ3n) is 3.28. The molecular weight excluding hydrogens is 326 g/mol. The van der Waals surface area contributed by atoms with E-state index in [2.05, 4.69) is 0 Å². The highest BCUT2D eigenvalue weighted by Gasteiger charge is 2.55. The average molecular weight is 340 g/mol. The van der Waals surface area contributed by atoms with Crippen molar-refractivity contribution in [3.63, 3.8) is 0 Å². The van der Waals surface area contributed by atoms with E-state index < -0.39 is 4.87 Å². The zero-order valence-corrected chi connectivity index (χ0v) is 13.2. The van der Waals surface area contributed by atoms with Crippen LogP contribution in [0.2, 0.25) is 0 Å². The van der Waals surface area contributed by atoms with Gasteiger partial charge in [0.25, 0.3) is 0 Å². The van der Waals surface area contributed by atoms with Crippen molar-refractivity contribution in [1.82, 2.24) is 0 Å². The Kier molecular flexibility index (Phi) is 5.45. The van der Waals surface area contributed by atoms with E-state index in [0.29, 0.717) is 18.2 Å². The monoisotopic (exact) mass is 338 g/mol. The van der Waals surface area contributed by atoms with E-state index in [1.54, 1.807) is 0 Å². The predicted molar refractivity (Wildman–Crippen MR) is 82.0 cm³/mol. The van der Waals surface area contributed by atoms with Crippen LogP contribution in [0.5, 0.6) is 0 Å². The van der Waals surface area contributed by atoms with Gasteiger partial charge in [-0.05, 0) is 24.3 Å². The second kappa shape index (κ2) is 6.69. The van der Waals surface area contributed by atoms with E-state index in [9.17, 15) is 0 Å². The molecular formula is C14H14Cl4O. The van der Waals surface area contributed by atoms with E-state index in [-0.39, 0.29) is 10.4 Å². The normalized spacial score (nSPS) is 25.2. The van der Waals surface area contributed by atoms with Gasteiger partial charge in [-0.1, -0.05) is 65.1 Å². The first kappa shape index (κ1) is 15.5. The van der Waals surface area contributed by atoms with Crippen LogP contribution in [0.4, 0.5) is 0 Å². The zero-order chi connectivity index (χ0) is 13.9. The highest BCUT2D eigenvalue weighted by Crippen LogP contribution is 2.59. The number of allylic oxidation sites excluding steroid dienone is 1. The largest absolute Gasteiger partial charge is 0.377 e. The molecule has 1 saturated carbocycles. The summed E-state index contributed by atoms with van der Waals surface area (Å²) in [7, 11) is 0. The summed E-state index contributed by atoms with van der Waals surface area (Å²) in [5, 5.41) is 0.352. The van der Waals surface area contributed by atoms with Crippen LogP contribution in [-0.4, -0.2) is 11.5 Å². The lowest BCUT2D eigenvalue weighted by molar-refractivity contribution is 0.114. The standard InChI is InChI=1S/C14H14Cl4O/c15-12(13(16)17)14(18)8-11(14)6-7-19-9-10-4-2-1-3-5-10/h1-5,11H,6-9H2. The molecule has 104 valence electrons. The number of hydrogen-bond donors (Lipinski definition) is 0. The first-order chi connectivity index (χ1) is 9.04. The molecule has 0 aliphatic heterocycles. The Bertz CT molecular complexity index is 456. The minimum Gasteiger partial charge on any atom is -0.377 e. The number of rotatable bonds is 6. The smallest absolute Gasteiger partial charge is 0.123 e. The van der Waals surface area contributed by atoms with E-state index >= 15 is 0 Å². The highest BCUT2D eigenvalue weighted by molar-refractivity contribution is 6.60. The molecule has 2 atom stereocenters. The summed E-state index contributed by atoms with van der Waals surface area (Å²) in [6, 6.07) is 10.1. The van der Waals surface area contributed by atoms with E-state index in [4.69, 9.17) is 51.1 Å². The van der Waals surface area contributed by atoms with Gasteiger partial charge in [0.15, 0.2) is 0 Å². The lowest BCUT2D eigenvalue weighted by Crippen LogP contribution is -2.06. The first-order valence-corrected chi connectivity index (χ1v) is 7.57. The van der Waals surface area contributed by atoms with Gasteiger partial charge in [-0.25, -0.2) is 0 Å². The molecule has 19 heavy (non-hydrogen) atoms. The van der Waals surface area contributed by atoms with Crippen LogP contribution in [-0.2, 0) is 11.3 Å². The Morgan fingerprint density at radius 1 is 1.21 bits per heavy atom. The van der Waals surface area contributed by atoms with Crippen LogP contribution in [0.3, 0.4) is 0 Å². The molecule has 0 aromatic heterocycles. The van der Waals surface area contributed by atoms with E-state index in [1.807, 2.05) is 30.3 Å². The fraction of sp³-hybridized carbons (Fsp3) is 0.429. The molecule has 2 rings (SSSR count). The van der Waals surface area contributed by atoms with Gasteiger partial charge in [0.1, 0.15) is 4.49 Å². The second-order valence-corrected chi connectivity index (χ2v) is 6.67. The van der Waals surface area contributed by atoms with Crippen LogP contribution < -0.4 is 0 Å². The van der Waals surface area contributed by atoms with Gasteiger partial charge in [0.2, 0.25) is 0 Å². The number of alkyl halides is 1. The molecule has 1 aliphatic rings. The number of hydrogen-bond acceptors (Lipinski definition) is 1. The summed E-state index contributed by atoms with van der Waals surface area (Å²) >= 11 is 23.7. The molecule has 1 nitrogen and oxygen atoms in total. The zero-order valence-electron chi connectivity index (χ0n) is 10.2. The van der Waals surface area contributed by atoms with Gasteiger partial charge >= 0.3 is 0 Å². The van der Waals surface area contributed by atoms with Crippen molar-refractivity contribution in [2.45, 2.75) is 24.3 Å². The maximum atomic E-state index is 6.34. The van der Waals surface area contributed by atoms with Gasteiger partial charge in [0.05, 0.1) is 16.5 Å². The molecule has 2 unspecified atom stereocenters. The van der Waals surface area contributed by atoms with Crippen LogP contribution in [0, 0.1) is 5.92 Å². The molecule has 0 N–H and O–H groups in total. The summed E-state index contributed by atoms with van der Waals surface area (Å²) in [6.45, 7) is 1.26. The fourth-order valence-electron chi connectivity index (χ4n) is 2.05. The SMILES string of the molecule is ClC(Cl)=C(Cl)C1(Cl)CC1CCOCc1ccccc1. The summed E-state index contributed by atoms with van der Waals surface area (Å²) in [6.07, 6.45) is 1.65. The minimum atomic E-state index is -0.573. The Balaban J connectivity index is 1.70. The summed E-state index contributed by atoms with van der Waals surface area (Å²) in [5.74, 6) is 0.282. The second-order valence-electron chi connectivity index (χ2n) is 4.66. The van der Waals surface area contributed by atoms with Crippen molar-refractivity contribution < 1.29 is 4.74 Å². The van der Waals surface area contributed by atoms with Crippen molar-refractivity contribution in [3.05, 3.63) is 45.4 Å². The maximum absolute atomic E-state index is 6.34. The first-order valence-electron chi connectivity index (χ1n) is 6.06. The van der Waals surface area contributed by atoms with E-state index in [1.165, 1.54) is 0 Å². The van der Waals surface area contributed by atoms with Crippen LogP contribution in [0.25, 0.3) is 0 Å². The predicted octanol–water partition coefficient (Wildman–Crippen LogP) is 5.48. The van der Waals surface area contributed by atoms with Gasteiger partial charge in [-0.15, -0.1) is 11.6 Å². The molecule has 0 spiro atoms. The van der Waals surface area contributed by atoms with Crippen molar-refractivity contribution in [2.24, 2.45) is 5.92 Å². The van der Waals surface area contributed by atoms with E-state index in [0.717, 1.165) is 18.4 Å². The van der Waals surface area contributed by atoms with Crippen LogP contribution in [0.1, 0.15) is 18.4 Å². The summed E-state index contributed by atoms with van der Waals surface area (Å²) in [4.78, 5) is -0.573. The molecule has 0 bridgehead atoms. The minimum absolute atomic E-state index is 0.0596. The Hall–Kier alpha value is 0.0800. The molecule has 0 radical (unpaired) electrons. The third-order valence-corrected chi connectivity index (χ3v) is 5.13. The quantitative estimate of drug-likeness (QED) is 0.492. The molecule has 0 heterocycles.